The summed E-state index contributed by atoms with van der Waals surface area (Å²) in [6, 6.07) is 15.5. The van der Waals surface area contributed by atoms with E-state index in [0.29, 0.717) is 29.9 Å². The third-order valence-corrected chi connectivity index (χ3v) is 5.04. The zero-order chi connectivity index (χ0) is 23.9. The average Bonchev–Trinajstić information content (AvgIpc) is 3.19. The molecule has 0 aliphatic carbocycles. The normalized spacial score (nSPS) is 20.0. The average molecular weight is 462 g/mol. The third-order valence-electron chi connectivity index (χ3n) is 5.04. The molecule has 1 amide bonds. The zero-order valence-corrected chi connectivity index (χ0v) is 17.8. The molecule has 176 valence electrons. The maximum atomic E-state index is 13.1. The van der Waals surface area contributed by atoms with Crippen molar-refractivity contribution in [1.29, 1.82) is 0 Å². The molecule has 0 bridgehead atoms. The van der Waals surface area contributed by atoms with Crippen LogP contribution < -0.4 is 10.1 Å². The lowest BCUT2D eigenvalue weighted by Crippen LogP contribution is -2.50. The van der Waals surface area contributed by atoms with Gasteiger partial charge in [-0.25, -0.2) is 4.99 Å². The Morgan fingerprint density at radius 3 is 2.52 bits per heavy atom. The van der Waals surface area contributed by atoms with Crippen LogP contribution in [0.25, 0.3) is 0 Å². The van der Waals surface area contributed by atoms with E-state index in [1.54, 1.807) is 54.6 Å². The molecule has 0 unspecified atom stereocenters. The summed E-state index contributed by atoms with van der Waals surface area (Å²) in [5.41, 5.74) is -0.510. The first-order valence-electron chi connectivity index (χ1n) is 10.4. The molecule has 2 N–H and O–H groups in total. The smallest absolute Gasteiger partial charge is 0.405 e. The number of nitrogens with one attached hydrogen (secondary N) is 1. The Morgan fingerprint density at radius 2 is 1.91 bits per heavy atom. The van der Waals surface area contributed by atoms with Crippen LogP contribution in [0.1, 0.15) is 30.1 Å². The number of benzene rings is 2. The van der Waals surface area contributed by atoms with Crippen LogP contribution in [0.4, 0.5) is 13.2 Å². The van der Waals surface area contributed by atoms with Crippen molar-refractivity contribution < 1.29 is 32.5 Å². The van der Waals surface area contributed by atoms with Crippen LogP contribution in [-0.4, -0.2) is 48.4 Å². The van der Waals surface area contributed by atoms with E-state index in [9.17, 15) is 18.0 Å². The van der Waals surface area contributed by atoms with Gasteiger partial charge in [0.25, 0.3) is 5.91 Å². The number of ether oxygens (including phenoxy) is 2. The number of nitrogens with zero attached hydrogens (tertiary/aromatic N) is 1. The van der Waals surface area contributed by atoms with E-state index in [4.69, 9.17) is 14.6 Å². The summed E-state index contributed by atoms with van der Waals surface area (Å²) in [6.45, 7) is 2.57. The molecule has 0 spiro atoms. The molecule has 1 aliphatic heterocycles. The van der Waals surface area contributed by atoms with Gasteiger partial charge in [0.15, 0.2) is 11.6 Å². The van der Waals surface area contributed by atoms with Crippen LogP contribution in [-0.2, 0) is 9.53 Å². The van der Waals surface area contributed by atoms with Crippen LogP contribution in [0.2, 0.25) is 0 Å². The predicted molar refractivity (Wildman–Crippen MR) is 117 cm³/mol. The monoisotopic (exact) mass is 462 g/mol. The molecule has 6 nitrogen and oxygen atoms in total. The van der Waals surface area contributed by atoms with Crippen molar-refractivity contribution in [3.63, 3.8) is 0 Å². The number of halogens is 3. The summed E-state index contributed by atoms with van der Waals surface area (Å²) in [7, 11) is 0. The summed E-state index contributed by atoms with van der Waals surface area (Å²) in [5.74, 6) is -0.187. The molecule has 1 aliphatic rings. The Balaban J connectivity index is 1.95. The minimum absolute atomic E-state index is 0.0192. The lowest BCUT2D eigenvalue weighted by atomic mass is 9.84. The Bertz CT molecular complexity index is 977. The van der Waals surface area contributed by atoms with Crippen LogP contribution in [0.3, 0.4) is 0 Å². The van der Waals surface area contributed by atoms with Crippen molar-refractivity contribution in [2.24, 2.45) is 4.99 Å². The molecule has 1 heterocycles. The first-order valence-corrected chi connectivity index (χ1v) is 10.4. The molecular formula is C24H25F3N2O4. The molecular weight excluding hydrogens is 437 g/mol. The van der Waals surface area contributed by atoms with Crippen molar-refractivity contribution in [3.8, 4) is 5.75 Å². The molecule has 0 saturated carbocycles. The Kier molecular flexibility index (Phi) is 7.75. The van der Waals surface area contributed by atoms with E-state index < -0.39 is 30.3 Å². The van der Waals surface area contributed by atoms with Gasteiger partial charge < -0.3 is 19.9 Å². The molecule has 2 atom stereocenters. The van der Waals surface area contributed by atoms with E-state index in [1.807, 2.05) is 5.32 Å². The van der Waals surface area contributed by atoms with Gasteiger partial charge in [-0.3, -0.25) is 4.79 Å². The minimum atomic E-state index is -4.56. The molecule has 0 fully saturated rings. The number of carbonyl (C=O) groups is 1. The number of rotatable bonds is 10. The summed E-state index contributed by atoms with van der Waals surface area (Å²) < 4.78 is 50.0. The van der Waals surface area contributed by atoms with Gasteiger partial charge in [-0.2, -0.15) is 13.2 Å². The minimum Gasteiger partial charge on any atom is -0.494 e. The van der Waals surface area contributed by atoms with E-state index >= 15 is 0 Å². The largest absolute Gasteiger partial charge is 0.494 e. The molecule has 2 aromatic carbocycles. The standard InChI is InChI=1S/C24H25F3N2O4/c1-2-13-23(22(31)28-16-24(25,26)27)20(17-7-4-3-5-8-17)33-21(29-23)18-9-11-19(12-10-18)32-15-6-14-30/h2-5,7-12,20,30H,1,6,13-16H2,(H,28,31)/t20-,23-/m1/s1. The van der Waals surface area contributed by atoms with Crippen molar-refractivity contribution in [2.45, 2.75) is 30.7 Å². The van der Waals surface area contributed by atoms with Gasteiger partial charge in [0.2, 0.25) is 5.90 Å². The summed E-state index contributed by atoms with van der Waals surface area (Å²) in [5, 5.41) is 10.8. The number of aliphatic hydroxyl groups excluding tert-OH is 1. The fraction of sp³-hybridized carbons (Fsp3) is 0.333. The summed E-state index contributed by atoms with van der Waals surface area (Å²) >= 11 is 0. The van der Waals surface area contributed by atoms with E-state index in [0.717, 1.165) is 0 Å². The van der Waals surface area contributed by atoms with Gasteiger partial charge in [-0.15, -0.1) is 6.58 Å². The molecule has 3 rings (SSSR count). The first kappa shape index (κ1) is 24.3. The summed E-state index contributed by atoms with van der Waals surface area (Å²) in [6.07, 6.45) is -3.60. The third kappa shape index (κ3) is 5.92. The number of aliphatic imine (C=N–C) groups is 1. The van der Waals surface area contributed by atoms with Crippen molar-refractivity contribution in [2.75, 3.05) is 19.8 Å². The number of alkyl halides is 3. The van der Waals surface area contributed by atoms with Crippen LogP contribution >= 0.6 is 0 Å². The maximum absolute atomic E-state index is 13.1. The second kappa shape index (κ2) is 10.5. The lowest BCUT2D eigenvalue weighted by Gasteiger charge is -2.29. The maximum Gasteiger partial charge on any atom is 0.405 e. The molecule has 0 radical (unpaired) electrons. The van der Waals surface area contributed by atoms with Gasteiger partial charge in [-0.1, -0.05) is 36.4 Å². The lowest BCUT2D eigenvalue weighted by molar-refractivity contribution is -0.143. The van der Waals surface area contributed by atoms with Gasteiger partial charge in [0.1, 0.15) is 12.3 Å². The molecule has 2 aromatic rings. The van der Waals surface area contributed by atoms with Crippen molar-refractivity contribution >= 4 is 11.8 Å². The van der Waals surface area contributed by atoms with E-state index in [1.165, 1.54) is 6.08 Å². The van der Waals surface area contributed by atoms with E-state index in [2.05, 4.69) is 11.6 Å². The van der Waals surface area contributed by atoms with Crippen molar-refractivity contribution in [1.82, 2.24) is 5.32 Å². The highest BCUT2D eigenvalue weighted by molar-refractivity contribution is 6.01. The number of hydrogen-bond acceptors (Lipinski definition) is 5. The second-order valence-corrected chi connectivity index (χ2v) is 7.49. The highest BCUT2D eigenvalue weighted by Gasteiger charge is 2.52. The number of hydrogen-bond donors (Lipinski definition) is 2. The fourth-order valence-electron chi connectivity index (χ4n) is 3.50. The van der Waals surface area contributed by atoms with Gasteiger partial charge in [-0.05, 0) is 29.8 Å². The topological polar surface area (TPSA) is 80.2 Å². The van der Waals surface area contributed by atoms with Crippen LogP contribution in [0, 0.1) is 0 Å². The Morgan fingerprint density at radius 1 is 1.21 bits per heavy atom. The number of carbonyl (C=O) groups excluding carboxylic acids is 1. The second-order valence-electron chi connectivity index (χ2n) is 7.49. The predicted octanol–water partition coefficient (Wildman–Crippen LogP) is 3.96. The van der Waals surface area contributed by atoms with Crippen LogP contribution in [0.15, 0.2) is 72.2 Å². The van der Waals surface area contributed by atoms with Crippen molar-refractivity contribution in [3.05, 3.63) is 78.4 Å². The zero-order valence-electron chi connectivity index (χ0n) is 17.8. The highest BCUT2D eigenvalue weighted by atomic mass is 19.4. The molecule has 0 saturated heterocycles. The Hall–Kier alpha value is -3.33. The quantitative estimate of drug-likeness (QED) is 0.414. The van der Waals surface area contributed by atoms with Gasteiger partial charge >= 0.3 is 6.18 Å². The van der Waals surface area contributed by atoms with E-state index in [-0.39, 0.29) is 18.9 Å². The molecule has 0 aromatic heterocycles. The molecule has 9 heteroatoms. The Labute approximate surface area is 189 Å². The van der Waals surface area contributed by atoms with Gasteiger partial charge in [0.05, 0.1) is 6.61 Å². The highest BCUT2D eigenvalue weighted by Crippen LogP contribution is 2.42. The number of amides is 1. The summed E-state index contributed by atoms with van der Waals surface area (Å²) in [4.78, 5) is 17.6. The van der Waals surface area contributed by atoms with Crippen LogP contribution in [0.5, 0.6) is 5.75 Å². The number of aliphatic hydroxyl groups is 1. The fourth-order valence-corrected chi connectivity index (χ4v) is 3.50. The first-order chi connectivity index (χ1) is 15.8. The van der Waals surface area contributed by atoms with Gasteiger partial charge in [0, 0.05) is 25.0 Å². The SMILES string of the molecule is C=CC[C@@]1(C(=O)NCC(F)(F)F)N=C(c2ccc(OCCCO)cc2)O[C@@H]1c1ccccc1. The molecule has 33 heavy (non-hydrogen) atoms.